The van der Waals surface area contributed by atoms with Crippen LogP contribution in [0.3, 0.4) is 0 Å². The van der Waals surface area contributed by atoms with E-state index in [9.17, 15) is 4.79 Å². The highest BCUT2D eigenvalue weighted by Gasteiger charge is 2.10. The van der Waals surface area contributed by atoms with Crippen molar-refractivity contribution in [2.45, 2.75) is 46.1 Å². The Labute approximate surface area is 103 Å². The lowest BCUT2D eigenvalue weighted by atomic mass is 10.1. The van der Waals surface area contributed by atoms with E-state index in [1.54, 1.807) is 12.1 Å². The van der Waals surface area contributed by atoms with E-state index in [2.05, 4.69) is 17.2 Å². The van der Waals surface area contributed by atoms with Gasteiger partial charge in [0.2, 0.25) is 0 Å². The lowest BCUT2D eigenvalue weighted by Gasteiger charge is -2.13. The standard InChI is InChI=1S/C13H21N3O/c1-4-5-6-9(2)16-13(17)11-7-10(3)15-12(14)8-11/h7-9H,4-6H2,1-3H3,(H2,14,15)(H,16,17). The van der Waals surface area contributed by atoms with Gasteiger partial charge in [-0.15, -0.1) is 0 Å². The van der Waals surface area contributed by atoms with E-state index in [0.717, 1.165) is 25.0 Å². The van der Waals surface area contributed by atoms with Crippen LogP contribution >= 0.6 is 0 Å². The number of rotatable bonds is 5. The van der Waals surface area contributed by atoms with Gasteiger partial charge in [0.05, 0.1) is 0 Å². The zero-order valence-electron chi connectivity index (χ0n) is 10.8. The van der Waals surface area contributed by atoms with Crippen molar-refractivity contribution in [1.29, 1.82) is 0 Å². The molecule has 0 aliphatic rings. The van der Waals surface area contributed by atoms with Crippen molar-refractivity contribution in [2.24, 2.45) is 0 Å². The van der Waals surface area contributed by atoms with Gasteiger partial charge in [0.15, 0.2) is 0 Å². The van der Waals surface area contributed by atoms with E-state index < -0.39 is 0 Å². The highest BCUT2D eigenvalue weighted by Crippen LogP contribution is 2.08. The maximum atomic E-state index is 11.9. The first kappa shape index (κ1) is 13.5. The van der Waals surface area contributed by atoms with Gasteiger partial charge >= 0.3 is 0 Å². The Morgan fingerprint density at radius 2 is 2.24 bits per heavy atom. The molecule has 0 spiro atoms. The third kappa shape index (κ3) is 4.43. The lowest BCUT2D eigenvalue weighted by molar-refractivity contribution is 0.0938. The maximum absolute atomic E-state index is 11.9. The third-order valence-corrected chi connectivity index (χ3v) is 2.60. The van der Waals surface area contributed by atoms with Crippen molar-refractivity contribution in [2.75, 3.05) is 5.73 Å². The number of pyridine rings is 1. The molecule has 0 bridgehead atoms. The SMILES string of the molecule is CCCCC(C)NC(=O)c1cc(C)nc(N)c1. The van der Waals surface area contributed by atoms with Crippen LogP contribution in [0.15, 0.2) is 12.1 Å². The number of aryl methyl sites for hydroxylation is 1. The van der Waals surface area contributed by atoms with Gasteiger partial charge in [-0.2, -0.15) is 0 Å². The third-order valence-electron chi connectivity index (χ3n) is 2.60. The minimum absolute atomic E-state index is 0.0780. The number of carbonyl (C=O) groups excluding carboxylic acids is 1. The highest BCUT2D eigenvalue weighted by atomic mass is 16.1. The van der Waals surface area contributed by atoms with Gasteiger partial charge in [0.1, 0.15) is 5.82 Å². The van der Waals surface area contributed by atoms with Crippen molar-refractivity contribution in [1.82, 2.24) is 10.3 Å². The molecule has 1 unspecified atom stereocenters. The summed E-state index contributed by atoms with van der Waals surface area (Å²) in [6, 6.07) is 3.55. The summed E-state index contributed by atoms with van der Waals surface area (Å²) in [6.45, 7) is 5.99. The quantitative estimate of drug-likeness (QED) is 0.822. The van der Waals surface area contributed by atoms with Crippen molar-refractivity contribution < 1.29 is 4.79 Å². The molecular weight excluding hydrogens is 214 g/mol. The largest absolute Gasteiger partial charge is 0.384 e. The number of hydrogen-bond donors (Lipinski definition) is 2. The van der Waals surface area contributed by atoms with E-state index in [-0.39, 0.29) is 11.9 Å². The Morgan fingerprint density at radius 3 is 2.82 bits per heavy atom. The van der Waals surface area contributed by atoms with Crippen molar-refractivity contribution in [3.8, 4) is 0 Å². The molecule has 4 nitrogen and oxygen atoms in total. The minimum atomic E-state index is -0.0780. The van der Waals surface area contributed by atoms with Crippen LogP contribution in [0.5, 0.6) is 0 Å². The number of hydrogen-bond acceptors (Lipinski definition) is 3. The first-order chi connectivity index (χ1) is 8.02. The van der Waals surface area contributed by atoms with Gasteiger partial charge < -0.3 is 11.1 Å². The second-order valence-electron chi connectivity index (χ2n) is 4.44. The number of unbranched alkanes of at least 4 members (excludes halogenated alkanes) is 1. The Morgan fingerprint density at radius 1 is 1.53 bits per heavy atom. The van der Waals surface area contributed by atoms with Crippen LogP contribution in [0, 0.1) is 6.92 Å². The van der Waals surface area contributed by atoms with Crippen LogP contribution in [-0.2, 0) is 0 Å². The number of anilines is 1. The Balaban J connectivity index is 2.63. The number of nitrogens with two attached hydrogens (primary N) is 1. The first-order valence-corrected chi connectivity index (χ1v) is 6.08. The van der Waals surface area contributed by atoms with Gasteiger partial charge in [-0.25, -0.2) is 4.98 Å². The first-order valence-electron chi connectivity index (χ1n) is 6.08. The smallest absolute Gasteiger partial charge is 0.251 e. The number of nitrogens with one attached hydrogen (secondary N) is 1. The van der Waals surface area contributed by atoms with Crippen molar-refractivity contribution in [3.05, 3.63) is 23.4 Å². The number of carbonyl (C=O) groups is 1. The Bertz CT molecular complexity index is 370. The molecule has 3 N–H and O–H groups in total. The summed E-state index contributed by atoms with van der Waals surface area (Å²) < 4.78 is 0. The number of nitrogens with zero attached hydrogens (tertiary/aromatic N) is 1. The fraction of sp³-hybridized carbons (Fsp3) is 0.538. The molecule has 1 aromatic heterocycles. The molecule has 4 heteroatoms. The van der Waals surface area contributed by atoms with Crippen LogP contribution in [0.1, 0.15) is 49.2 Å². The molecule has 1 rings (SSSR count). The van der Waals surface area contributed by atoms with Crippen LogP contribution in [-0.4, -0.2) is 16.9 Å². The van der Waals surface area contributed by atoms with Crippen LogP contribution in [0.2, 0.25) is 0 Å². The van der Waals surface area contributed by atoms with Gasteiger partial charge in [-0.3, -0.25) is 4.79 Å². The van der Waals surface area contributed by atoms with E-state index >= 15 is 0 Å². The summed E-state index contributed by atoms with van der Waals surface area (Å²) in [7, 11) is 0. The van der Waals surface area contributed by atoms with Crippen molar-refractivity contribution >= 4 is 11.7 Å². The average molecular weight is 235 g/mol. The maximum Gasteiger partial charge on any atom is 0.251 e. The average Bonchev–Trinajstić information content (AvgIpc) is 2.25. The Kier molecular flexibility index (Phi) is 4.94. The molecule has 0 aromatic carbocycles. The predicted octanol–water partition coefficient (Wildman–Crippen LogP) is 2.28. The van der Waals surface area contributed by atoms with Crippen LogP contribution in [0.25, 0.3) is 0 Å². The van der Waals surface area contributed by atoms with E-state index in [1.807, 2.05) is 13.8 Å². The van der Waals surface area contributed by atoms with Crippen LogP contribution in [0.4, 0.5) is 5.82 Å². The molecule has 1 amide bonds. The van der Waals surface area contributed by atoms with Gasteiger partial charge in [0, 0.05) is 17.3 Å². The molecule has 1 heterocycles. The van der Waals surface area contributed by atoms with Gasteiger partial charge in [-0.1, -0.05) is 19.8 Å². The summed E-state index contributed by atoms with van der Waals surface area (Å²) in [5.74, 6) is 0.308. The summed E-state index contributed by atoms with van der Waals surface area (Å²) in [6.07, 6.45) is 3.27. The molecule has 94 valence electrons. The number of amides is 1. The van der Waals surface area contributed by atoms with E-state index in [0.29, 0.717) is 11.4 Å². The zero-order chi connectivity index (χ0) is 12.8. The molecular formula is C13H21N3O. The fourth-order valence-electron chi connectivity index (χ4n) is 1.71. The Hall–Kier alpha value is -1.58. The molecule has 1 aromatic rings. The molecule has 17 heavy (non-hydrogen) atoms. The monoisotopic (exact) mass is 235 g/mol. The van der Waals surface area contributed by atoms with Crippen molar-refractivity contribution in [3.63, 3.8) is 0 Å². The summed E-state index contributed by atoms with van der Waals surface area (Å²) >= 11 is 0. The summed E-state index contributed by atoms with van der Waals surface area (Å²) in [5.41, 5.74) is 6.96. The second-order valence-corrected chi connectivity index (χ2v) is 4.44. The molecule has 1 atom stereocenters. The molecule has 0 aliphatic heterocycles. The number of aromatic nitrogens is 1. The van der Waals surface area contributed by atoms with E-state index in [1.165, 1.54) is 0 Å². The topological polar surface area (TPSA) is 68.0 Å². The van der Waals surface area contributed by atoms with Gasteiger partial charge in [-0.05, 0) is 32.4 Å². The summed E-state index contributed by atoms with van der Waals surface area (Å²) in [5, 5.41) is 2.96. The van der Waals surface area contributed by atoms with Crippen LogP contribution < -0.4 is 11.1 Å². The highest BCUT2D eigenvalue weighted by molar-refractivity contribution is 5.95. The normalized spacial score (nSPS) is 12.2. The molecule has 0 saturated heterocycles. The molecule has 0 saturated carbocycles. The molecule has 0 aliphatic carbocycles. The zero-order valence-corrected chi connectivity index (χ0v) is 10.8. The number of nitrogen functional groups attached to an aromatic ring is 1. The molecule has 0 fully saturated rings. The lowest BCUT2D eigenvalue weighted by Crippen LogP contribution is -2.32. The fourth-order valence-corrected chi connectivity index (χ4v) is 1.71. The minimum Gasteiger partial charge on any atom is -0.384 e. The van der Waals surface area contributed by atoms with Gasteiger partial charge in [0.25, 0.3) is 5.91 Å². The second kappa shape index (κ2) is 6.23. The summed E-state index contributed by atoms with van der Waals surface area (Å²) in [4.78, 5) is 16.0. The predicted molar refractivity (Wildman–Crippen MR) is 69.8 cm³/mol. The van der Waals surface area contributed by atoms with E-state index in [4.69, 9.17) is 5.73 Å². The molecule has 0 radical (unpaired) electrons.